The SMILES string of the molecule is c1cc2ccc(CC3CCCNC3)cc2cn1. The van der Waals surface area contributed by atoms with Crippen LogP contribution in [0.3, 0.4) is 0 Å². The highest BCUT2D eigenvalue weighted by Crippen LogP contribution is 2.20. The van der Waals surface area contributed by atoms with E-state index < -0.39 is 0 Å². The third kappa shape index (κ3) is 2.47. The van der Waals surface area contributed by atoms with E-state index in [0.717, 1.165) is 5.92 Å². The summed E-state index contributed by atoms with van der Waals surface area (Å²) in [5.41, 5.74) is 1.44. The standard InChI is InChI=1S/C15H18N2/c1-2-13(10-16-6-1)8-12-3-4-14-5-7-17-11-15(14)9-12/h3-5,7,9,11,13,16H,1-2,6,8,10H2. The Labute approximate surface area is 102 Å². The Hall–Kier alpha value is -1.41. The van der Waals surface area contributed by atoms with E-state index >= 15 is 0 Å². The highest BCUT2D eigenvalue weighted by Gasteiger charge is 2.13. The van der Waals surface area contributed by atoms with Crippen molar-refractivity contribution < 1.29 is 0 Å². The van der Waals surface area contributed by atoms with Crippen molar-refractivity contribution in [2.45, 2.75) is 19.3 Å². The van der Waals surface area contributed by atoms with Crippen LogP contribution in [0.2, 0.25) is 0 Å². The Bertz CT molecular complexity index is 501. The number of hydrogen-bond donors (Lipinski definition) is 1. The molecule has 3 rings (SSSR count). The summed E-state index contributed by atoms with van der Waals surface area (Å²) < 4.78 is 0. The predicted molar refractivity (Wildman–Crippen MR) is 71.0 cm³/mol. The number of hydrogen-bond acceptors (Lipinski definition) is 2. The Morgan fingerprint density at radius 1 is 1.24 bits per heavy atom. The maximum Gasteiger partial charge on any atom is 0.0346 e. The molecular weight excluding hydrogens is 208 g/mol. The molecule has 1 fully saturated rings. The quantitative estimate of drug-likeness (QED) is 0.851. The lowest BCUT2D eigenvalue weighted by Gasteiger charge is -2.22. The average Bonchev–Trinajstić information content (AvgIpc) is 2.40. The molecule has 2 nitrogen and oxygen atoms in total. The maximum atomic E-state index is 4.19. The van der Waals surface area contributed by atoms with E-state index in [0.29, 0.717) is 0 Å². The van der Waals surface area contributed by atoms with Crippen molar-refractivity contribution in [2.24, 2.45) is 5.92 Å². The third-order valence-corrected chi connectivity index (χ3v) is 3.63. The molecule has 1 atom stereocenters. The fourth-order valence-electron chi connectivity index (χ4n) is 2.69. The van der Waals surface area contributed by atoms with Gasteiger partial charge in [-0.05, 0) is 61.4 Å². The minimum absolute atomic E-state index is 0.804. The van der Waals surface area contributed by atoms with Gasteiger partial charge in [0.25, 0.3) is 0 Å². The highest BCUT2D eigenvalue weighted by molar-refractivity contribution is 5.81. The third-order valence-electron chi connectivity index (χ3n) is 3.63. The molecule has 0 bridgehead atoms. The molecule has 2 aromatic rings. The molecule has 1 aliphatic rings. The molecular formula is C15H18N2. The van der Waals surface area contributed by atoms with Gasteiger partial charge >= 0.3 is 0 Å². The van der Waals surface area contributed by atoms with Crippen LogP contribution in [0.4, 0.5) is 0 Å². The van der Waals surface area contributed by atoms with Gasteiger partial charge in [0.1, 0.15) is 0 Å². The van der Waals surface area contributed by atoms with Crippen molar-refractivity contribution in [1.82, 2.24) is 10.3 Å². The fourth-order valence-corrected chi connectivity index (χ4v) is 2.69. The minimum atomic E-state index is 0.804. The zero-order chi connectivity index (χ0) is 11.5. The van der Waals surface area contributed by atoms with Gasteiger partial charge in [-0.3, -0.25) is 4.98 Å². The van der Waals surface area contributed by atoms with Crippen molar-refractivity contribution >= 4 is 10.8 Å². The lowest BCUT2D eigenvalue weighted by Crippen LogP contribution is -2.30. The molecule has 0 amide bonds. The summed E-state index contributed by atoms with van der Waals surface area (Å²) in [6, 6.07) is 8.83. The summed E-state index contributed by atoms with van der Waals surface area (Å²) in [5.74, 6) is 0.804. The lowest BCUT2D eigenvalue weighted by molar-refractivity contribution is 0.376. The average molecular weight is 226 g/mol. The van der Waals surface area contributed by atoms with Crippen molar-refractivity contribution in [3.63, 3.8) is 0 Å². The molecule has 1 aromatic heterocycles. The summed E-state index contributed by atoms with van der Waals surface area (Å²) in [4.78, 5) is 4.19. The van der Waals surface area contributed by atoms with Gasteiger partial charge in [0.05, 0.1) is 0 Å². The summed E-state index contributed by atoms with van der Waals surface area (Å²) in [6.45, 7) is 2.36. The van der Waals surface area contributed by atoms with Gasteiger partial charge in [0.2, 0.25) is 0 Å². The number of pyridine rings is 1. The van der Waals surface area contributed by atoms with Crippen LogP contribution in [0.15, 0.2) is 36.7 Å². The van der Waals surface area contributed by atoms with Crippen molar-refractivity contribution in [2.75, 3.05) is 13.1 Å². The minimum Gasteiger partial charge on any atom is -0.316 e. The molecule has 1 saturated heterocycles. The van der Waals surface area contributed by atoms with E-state index in [1.54, 1.807) is 0 Å². The first-order valence-electron chi connectivity index (χ1n) is 6.45. The zero-order valence-electron chi connectivity index (χ0n) is 10.0. The molecule has 1 aliphatic heterocycles. The monoisotopic (exact) mass is 226 g/mol. The summed E-state index contributed by atoms with van der Waals surface area (Å²) in [6.07, 6.45) is 7.68. The molecule has 1 N–H and O–H groups in total. The Morgan fingerprint density at radius 2 is 2.24 bits per heavy atom. The maximum absolute atomic E-state index is 4.19. The first kappa shape index (κ1) is 10.7. The van der Waals surface area contributed by atoms with Crippen LogP contribution in [0.5, 0.6) is 0 Å². The van der Waals surface area contributed by atoms with E-state index in [2.05, 4.69) is 34.6 Å². The number of nitrogens with one attached hydrogen (secondary N) is 1. The number of fused-ring (bicyclic) bond motifs is 1. The van der Waals surface area contributed by atoms with Gasteiger partial charge in [-0.1, -0.05) is 12.1 Å². The highest BCUT2D eigenvalue weighted by atomic mass is 14.9. The molecule has 0 spiro atoms. The lowest BCUT2D eigenvalue weighted by atomic mass is 9.92. The largest absolute Gasteiger partial charge is 0.316 e. The van der Waals surface area contributed by atoms with Crippen molar-refractivity contribution in [3.8, 4) is 0 Å². The Kier molecular flexibility index (Phi) is 3.06. The Morgan fingerprint density at radius 3 is 3.12 bits per heavy atom. The predicted octanol–water partition coefficient (Wildman–Crippen LogP) is 2.78. The second-order valence-electron chi connectivity index (χ2n) is 4.97. The molecule has 1 unspecified atom stereocenters. The molecule has 2 heteroatoms. The molecule has 1 aromatic carbocycles. The second-order valence-corrected chi connectivity index (χ2v) is 4.97. The van der Waals surface area contributed by atoms with Gasteiger partial charge in [-0.15, -0.1) is 0 Å². The Balaban J connectivity index is 1.80. The van der Waals surface area contributed by atoms with Crippen LogP contribution in [-0.2, 0) is 6.42 Å². The van der Waals surface area contributed by atoms with Crippen LogP contribution in [-0.4, -0.2) is 18.1 Å². The molecule has 0 aliphatic carbocycles. The van der Waals surface area contributed by atoms with Crippen LogP contribution in [0.25, 0.3) is 10.8 Å². The number of piperidine rings is 1. The summed E-state index contributed by atoms with van der Waals surface area (Å²) in [5, 5.41) is 6.02. The topological polar surface area (TPSA) is 24.9 Å². The number of aromatic nitrogens is 1. The smallest absolute Gasteiger partial charge is 0.0346 e. The molecule has 2 heterocycles. The summed E-state index contributed by atoms with van der Waals surface area (Å²) >= 11 is 0. The van der Waals surface area contributed by atoms with Gasteiger partial charge in [-0.25, -0.2) is 0 Å². The van der Waals surface area contributed by atoms with E-state index in [-0.39, 0.29) is 0 Å². The van der Waals surface area contributed by atoms with E-state index in [1.165, 1.54) is 48.7 Å². The molecule has 0 saturated carbocycles. The van der Waals surface area contributed by atoms with Gasteiger partial charge in [-0.2, -0.15) is 0 Å². The fraction of sp³-hybridized carbons (Fsp3) is 0.400. The van der Waals surface area contributed by atoms with Crippen molar-refractivity contribution in [1.29, 1.82) is 0 Å². The normalized spacial score (nSPS) is 20.6. The van der Waals surface area contributed by atoms with Gasteiger partial charge < -0.3 is 5.32 Å². The first-order valence-corrected chi connectivity index (χ1v) is 6.45. The van der Waals surface area contributed by atoms with Crippen LogP contribution >= 0.6 is 0 Å². The van der Waals surface area contributed by atoms with E-state index in [1.807, 2.05) is 12.4 Å². The number of rotatable bonds is 2. The molecule has 88 valence electrons. The first-order chi connectivity index (χ1) is 8.42. The van der Waals surface area contributed by atoms with E-state index in [4.69, 9.17) is 0 Å². The molecule has 17 heavy (non-hydrogen) atoms. The molecule has 0 radical (unpaired) electrons. The zero-order valence-corrected chi connectivity index (χ0v) is 10.0. The van der Waals surface area contributed by atoms with Crippen LogP contribution in [0, 0.1) is 5.92 Å². The van der Waals surface area contributed by atoms with Crippen LogP contribution < -0.4 is 5.32 Å². The van der Waals surface area contributed by atoms with Crippen molar-refractivity contribution in [3.05, 3.63) is 42.2 Å². The van der Waals surface area contributed by atoms with Gasteiger partial charge in [0.15, 0.2) is 0 Å². The number of benzene rings is 1. The van der Waals surface area contributed by atoms with Crippen LogP contribution in [0.1, 0.15) is 18.4 Å². The van der Waals surface area contributed by atoms with E-state index in [9.17, 15) is 0 Å². The second kappa shape index (κ2) is 4.84. The number of nitrogens with zero attached hydrogens (tertiary/aromatic N) is 1. The summed E-state index contributed by atoms with van der Waals surface area (Å²) in [7, 11) is 0. The van der Waals surface area contributed by atoms with Gasteiger partial charge in [0, 0.05) is 17.8 Å².